The Hall–Kier alpha value is -3.92. The van der Waals surface area contributed by atoms with E-state index in [1.807, 2.05) is 0 Å². The summed E-state index contributed by atoms with van der Waals surface area (Å²) < 4.78 is 48.7. The summed E-state index contributed by atoms with van der Waals surface area (Å²) in [7, 11) is -4.78. The molecule has 7 nitrogen and oxygen atoms in total. The standard InChI is InChI=1S/C24H18F2N2O5S/c25-24(26)34(32,33)17-12-10-16(11-13-17)27-21(29)20(14-15-6-2-1-3-7-15)28-22(30)18-8-4-5-9-19(18)23(28)31/h1-13,20,24H,14H2,(H,27,29)/t20-/m0/s1. The minimum atomic E-state index is -4.78. The predicted octanol–water partition coefficient (Wildman–Crippen LogP) is 3.53. The van der Waals surface area contributed by atoms with Crippen LogP contribution in [0.3, 0.4) is 0 Å². The van der Waals surface area contributed by atoms with Crippen LogP contribution in [0.4, 0.5) is 14.5 Å². The molecule has 0 aromatic heterocycles. The molecule has 1 aliphatic rings. The molecule has 0 bridgehead atoms. The van der Waals surface area contributed by atoms with Crippen LogP contribution in [0.25, 0.3) is 0 Å². The van der Waals surface area contributed by atoms with Crippen LogP contribution in [0, 0.1) is 0 Å². The van der Waals surface area contributed by atoms with Gasteiger partial charge >= 0.3 is 5.76 Å². The second-order valence-electron chi connectivity index (χ2n) is 7.55. The highest BCUT2D eigenvalue weighted by molar-refractivity contribution is 7.91. The van der Waals surface area contributed by atoms with Gasteiger partial charge in [0.15, 0.2) is 0 Å². The number of nitrogens with zero attached hydrogens (tertiary/aromatic N) is 1. The summed E-state index contributed by atoms with van der Waals surface area (Å²) in [6.45, 7) is 0. The van der Waals surface area contributed by atoms with Gasteiger partial charge in [-0.25, -0.2) is 8.42 Å². The number of sulfone groups is 1. The van der Waals surface area contributed by atoms with Gasteiger partial charge in [0.05, 0.1) is 16.0 Å². The molecular weight excluding hydrogens is 466 g/mol. The first-order chi connectivity index (χ1) is 16.2. The molecule has 1 atom stereocenters. The summed E-state index contributed by atoms with van der Waals surface area (Å²) in [5.74, 6) is -5.47. The Morgan fingerprint density at radius 1 is 0.824 bits per heavy atom. The van der Waals surface area contributed by atoms with Crippen molar-refractivity contribution in [3.05, 3.63) is 95.6 Å². The van der Waals surface area contributed by atoms with Crippen LogP contribution in [0.1, 0.15) is 26.3 Å². The van der Waals surface area contributed by atoms with Crippen molar-refractivity contribution < 1.29 is 31.6 Å². The van der Waals surface area contributed by atoms with E-state index in [0.717, 1.165) is 29.2 Å². The molecule has 10 heteroatoms. The van der Waals surface area contributed by atoms with Gasteiger partial charge in [-0.05, 0) is 42.0 Å². The Balaban J connectivity index is 1.63. The van der Waals surface area contributed by atoms with E-state index in [2.05, 4.69) is 5.32 Å². The molecule has 174 valence electrons. The zero-order valence-corrected chi connectivity index (χ0v) is 18.3. The van der Waals surface area contributed by atoms with Gasteiger partial charge in [-0.3, -0.25) is 19.3 Å². The molecule has 0 fully saturated rings. The maximum absolute atomic E-state index is 13.2. The van der Waals surface area contributed by atoms with Crippen LogP contribution in [0.2, 0.25) is 0 Å². The Morgan fingerprint density at radius 2 is 1.35 bits per heavy atom. The summed E-state index contributed by atoms with van der Waals surface area (Å²) in [5.41, 5.74) is 1.21. The van der Waals surface area contributed by atoms with Crippen molar-refractivity contribution in [2.45, 2.75) is 23.1 Å². The molecule has 0 radical (unpaired) electrons. The average molecular weight is 484 g/mol. The summed E-state index contributed by atoms with van der Waals surface area (Å²) in [6.07, 6.45) is 0.0377. The molecule has 1 aliphatic heterocycles. The number of carbonyl (C=O) groups is 3. The van der Waals surface area contributed by atoms with E-state index in [1.54, 1.807) is 42.5 Å². The maximum atomic E-state index is 13.2. The van der Waals surface area contributed by atoms with Crippen LogP contribution in [-0.4, -0.2) is 42.8 Å². The van der Waals surface area contributed by atoms with E-state index >= 15 is 0 Å². The topological polar surface area (TPSA) is 101 Å². The number of hydrogen-bond donors (Lipinski definition) is 1. The molecule has 1 heterocycles. The summed E-state index contributed by atoms with van der Waals surface area (Å²) in [6, 6.07) is 18.1. The highest BCUT2D eigenvalue weighted by Crippen LogP contribution is 2.27. The van der Waals surface area contributed by atoms with Crippen molar-refractivity contribution in [2.75, 3.05) is 5.32 Å². The zero-order chi connectivity index (χ0) is 24.5. The van der Waals surface area contributed by atoms with E-state index in [0.29, 0.717) is 5.56 Å². The molecule has 4 rings (SSSR count). The molecular formula is C24H18F2N2O5S. The van der Waals surface area contributed by atoms with E-state index in [1.165, 1.54) is 12.1 Å². The fourth-order valence-corrected chi connectivity index (χ4v) is 4.41. The number of rotatable bonds is 7. The van der Waals surface area contributed by atoms with E-state index in [9.17, 15) is 31.6 Å². The number of imide groups is 1. The third kappa shape index (κ3) is 4.32. The average Bonchev–Trinajstić information content (AvgIpc) is 3.08. The highest BCUT2D eigenvalue weighted by atomic mass is 32.2. The molecule has 0 aliphatic carbocycles. The van der Waals surface area contributed by atoms with Crippen LogP contribution in [0.5, 0.6) is 0 Å². The monoisotopic (exact) mass is 484 g/mol. The highest BCUT2D eigenvalue weighted by Gasteiger charge is 2.42. The first-order valence-electron chi connectivity index (χ1n) is 10.1. The van der Waals surface area contributed by atoms with Crippen molar-refractivity contribution >= 4 is 33.2 Å². The van der Waals surface area contributed by atoms with E-state index in [4.69, 9.17) is 0 Å². The summed E-state index contributed by atoms with van der Waals surface area (Å²) >= 11 is 0. The number of halogens is 2. The predicted molar refractivity (Wildman–Crippen MR) is 119 cm³/mol. The lowest BCUT2D eigenvalue weighted by Crippen LogP contribution is -2.48. The summed E-state index contributed by atoms with van der Waals surface area (Å²) in [5, 5.41) is 2.55. The van der Waals surface area contributed by atoms with E-state index in [-0.39, 0.29) is 23.2 Å². The first kappa shape index (κ1) is 23.2. The molecule has 1 N–H and O–H groups in total. The Labute approximate surface area is 193 Å². The quantitative estimate of drug-likeness (QED) is 0.517. The first-order valence-corrected chi connectivity index (χ1v) is 11.7. The number of hydrogen-bond acceptors (Lipinski definition) is 5. The van der Waals surface area contributed by atoms with Crippen LogP contribution < -0.4 is 5.32 Å². The smallest absolute Gasteiger partial charge is 0.324 e. The number of alkyl halides is 2. The lowest BCUT2D eigenvalue weighted by atomic mass is 10.0. The molecule has 0 unspecified atom stereocenters. The Morgan fingerprint density at radius 3 is 1.88 bits per heavy atom. The molecule has 0 spiro atoms. The van der Waals surface area contributed by atoms with Gasteiger partial charge in [0.1, 0.15) is 6.04 Å². The maximum Gasteiger partial charge on any atom is 0.341 e. The molecule has 34 heavy (non-hydrogen) atoms. The normalized spacial score (nSPS) is 14.3. The van der Waals surface area contributed by atoms with Gasteiger partial charge in [0.2, 0.25) is 15.7 Å². The van der Waals surface area contributed by atoms with Gasteiger partial charge in [-0.15, -0.1) is 0 Å². The third-order valence-electron chi connectivity index (χ3n) is 5.40. The van der Waals surface area contributed by atoms with Crippen molar-refractivity contribution in [2.24, 2.45) is 0 Å². The fraction of sp³-hybridized carbons (Fsp3) is 0.125. The molecule has 3 aromatic carbocycles. The zero-order valence-electron chi connectivity index (χ0n) is 17.5. The second kappa shape index (κ2) is 9.14. The van der Waals surface area contributed by atoms with Gasteiger partial charge in [0, 0.05) is 12.1 Å². The summed E-state index contributed by atoms with van der Waals surface area (Å²) in [4.78, 5) is 39.6. The molecule has 3 aromatic rings. The van der Waals surface area contributed by atoms with Crippen molar-refractivity contribution in [3.8, 4) is 0 Å². The number of amides is 3. The van der Waals surface area contributed by atoms with Gasteiger partial charge in [0.25, 0.3) is 11.8 Å². The second-order valence-corrected chi connectivity index (χ2v) is 9.47. The van der Waals surface area contributed by atoms with Gasteiger partial charge in [-0.2, -0.15) is 8.78 Å². The number of anilines is 1. The number of fused-ring (bicyclic) bond motifs is 1. The fourth-order valence-electron chi connectivity index (χ4n) is 3.69. The lowest BCUT2D eigenvalue weighted by molar-refractivity contribution is -0.119. The third-order valence-corrected chi connectivity index (χ3v) is 6.79. The minimum absolute atomic E-state index is 0.0377. The van der Waals surface area contributed by atoms with E-state index < -0.39 is 44.3 Å². The largest absolute Gasteiger partial charge is 0.341 e. The Bertz CT molecular complexity index is 1320. The van der Waals surface area contributed by atoms with Crippen molar-refractivity contribution in [1.82, 2.24) is 4.90 Å². The number of carbonyl (C=O) groups excluding carboxylic acids is 3. The Kier molecular flexibility index (Phi) is 6.25. The lowest BCUT2D eigenvalue weighted by Gasteiger charge is -2.25. The molecule has 3 amide bonds. The van der Waals surface area contributed by atoms with Gasteiger partial charge < -0.3 is 5.32 Å². The van der Waals surface area contributed by atoms with Crippen LogP contribution >= 0.6 is 0 Å². The number of benzene rings is 3. The van der Waals surface area contributed by atoms with Crippen molar-refractivity contribution in [3.63, 3.8) is 0 Å². The van der Waals surface area contributed by atoms with Gasteiger partial charge in [-0.1, -0.05) is 42.5 Å². The minimum Gasteiger partial charge on any atom is -0.324 e. The van der Waals surface area contributed by atoms with Crippen LogP contribution in [-0.2, 0) is 21.1 Å². The molecule has 0 saturated heterocycles. The van der Waals surface area contributed by atoms with Crippen molar-refractivity contribution in [1.29, 1.82) is 0 Å². The number of nitrogens with one attached hydrogen (secondary N) is 1. The SMILES string of the molecule is O=C(Nc1ccc(S(=O)(=O)C(F)F)cc1)[C@H](Cc1ccccc1)N1C(=O)c2ccccc2C1=O. The molecule has 0 saturated carbocycles. The van der Waals surface area contributed by atoms with Crippen LogP contribution in [0.15, 0.2) is 83.8 Å².